The van der Waals surface area contributed by atoms with E-state index in [1.807, 2.05) is 36.9 Å². The SMILES string of the molecule is C=N/C(=C\C=C(/C)N1CCC(O)CC1)Nc1cc(F)c(-c2ccnc3c2ccn3C)c2c1C(=O)NC2. The lowest BCUT2D eigenvalue weighted by atomic mass is 9.94. The minimum atomic E-state index is -0.439. The zero-order valence-electron chi connectivity index (χ0n) is 20.4. The summed E-state index contributed by atoms with van der Waals surface area (Å²) in [5.74, 6) is -0.310. The van der Waals surface area contributed by atoms with E-state index in [1.54, 1.807) is 18.3 Å². The van der Waals surface area contributed by atoms with E-state index < -0.39 is 5.82 Å². The second-order valence-corrected chi connectivity index (χ2v) is 9.20. The van der Waals surface area contributed by atoms with Gasteiger partial charge >= 0.3 is 0 Å². The normalized spacial score (nSPS) is 16.9. The Morgan fingerprint density at radius 1 is 1.31 bits per heavy atom. The Labute approximate surface area is 208 Å². The summed E-state index contributed by atoms with van der Waals surface area (Å²) in [7, 11) is 1.89. The number of nitrogens with one attached hydrogen (secondary N) is 2. The number of aliphatic imine (C=N–C) groups is 1. The van der Waals surface area contributed by atoms with Gasteiger partial charge in [0.05, 0.1) is 17.4 Å². The van der Waals surface area contributed by atoms with Gasteiger partial charge in [-0.3, -0.25) is 4.79 Å². The summed E-state index contributed by atoms with van der Waals surface area (Å²) < 4.78 is 17.6. The number of aliphatic hydroxyl groups is 1. The van der Waals surface area contributed by atoms with Crippen molar-refractivity contribution in [1.82, 2.24) is 19.8 Å². The van der Waals surface area contributed by atoms with Crippen LogP contribution in [0.3, 0.4) is 0 Å². The molecule has 8 nitrogen and oxygen atoms in total. The van der Waals surface area contributed by atoms with Crippen LogP contribution in [0.5, 0.6) is 0 Å². The van der Waals surface area contributed by atoms with Crippen LogP contribution in [0, 0.1) is 5.82 Å². The number of aliphatic hydroxyl groups excluding tert-OH is 1. The number of carbonyl (C=O) groups is 1. The number of anilines is 1. The molecule has 0 saturated carbocycles. The predicted molar refractivity (Wildman–Crippen MR) is 139 cm³/mol. The molecule has 2 aromatic heterocycles. The Bertz CT molecular complexity index is 1420. The highest BCUT2D eigenvalue weighted by atomic mass is 19.1. The predicted octanol–water partition coefficient (Wildman–Crippen LogP) is 3.94. The molecule has 0 radical (unpaired) electrons. The van der Waals surface area contributed by atoms with Gasteiger partial charge in [-0.2, -0.15) is 0 Å². The fourth-order valence-corrected chi connectivity index (χ4v) is 4.96. The first-order chi connectivity index (χ1) is 17.4. The maximum atomic E-state index is 15.7. The van der Waals surface area contributed by atoms with Crippen LogP contribution in [-0.2, 0) is 13.6 Å². The largest absolute Gasteiger partial charge is 0.393 e. The average Bonchev–Trinajstić information content (AvgIpc) is 3.45. The van der Waals surface area contributed by atoms with Crippen LogP contribution >= 0.6 is 0 Å². The Morgan fingerprint density at radius 3 is 2.83 bits per heavy atom. The van der Waals surface area contributed by atoms with Gasteiger partial charge in [0.15, 0.2) is 0 Å². The summed E-state index contributed by atoms with van der Waals surface area (Å²) >= 11 is 0. The number of halogens is 1. The third kappa shape index (κ3) is 4.26. The van der Waals surface area contributed by atoms with Gasteiger partial charge in [-0.05, 0) is 68.0 Å². The molecule has 0 atom stereocenters. The van der Waals surface area contributed by atoms with E-state index in [0.717, 1.165) is 42.7 Å². The van der Waals surface area contributed by atoms with Crippen molar-refractivity contribution in [1.29, 1.82) is 0 Å². The molecule has 1 aromatic carbocycles. The first-order valence-electron chi connectivity index (χ1n) is 12.0. The Hall–Kier alpha value is -3.98. The number of hydrogen-bond donors (Lipinski definition) is 3. The molecule has 0 unspecified atom stereocenters. The van der Waals surface area contributed by atoms with Gasteiger partial charge in [0.1, 0.15) is 17.3 Å². The van der Waals surface area contributed by atoms with E-state index in [0.29, 0.717) is 33.8 Å². The van der Waals surface area contributed by atoms with Gasteiger partial charge in [-0.25, -0.2) is 14.4 Å². The molecule has 0 spiro atoms. The second-order valence-electron chi connectivity index (χ2n) is 9.20. The van der Waals surface area contributed by atoms with E-state index >= 15 is 4.39 Å². The Kier molecular flexibility index (Phi) is 6.32. The number of fused-ring (bicyclic) bond motifs is 2. The minimum Gasteiger partial charge on any atom is -0.393 e. The van der Waals surface area contributed by atoms with Crippen LogP contribution in [0.4, 0.5) is 10.1 Å². The van der Waals surface area contributed by atoms with Crippen LogP contribution in [0.15, 0.2) is 59.3 Å². The van der Waals surface area contributed by atoms with Gasteiger partial charge in [0.2, 0.25) is 0 Å². The van der Waals surface area contributed by atoms with Crippen molar-refractivity contribution in [2.75, 3.05) is 18.4 Å². The molecule has 0 bridgehead atoms. The van der Waals surface area contributed by atoms with E-state index in [9.17, 15) is 9.90 Å². The standard InChI is InChI=1S/C27H29FN6O2/c1-16(34-12-7-17(35)8-13-34)4-5-23(29-2)32-22-14-21(28)24(20-15-31-27(36)25(20)22)18-6-10-30-26-19(18)9-11-33(26)3/h4-6,9-11,14,17,32,35H,2,7-8,12-13,15H2,1,3H3,(H,31,36)/b16-4+,23-5+. The molecule has 9 heteroatoms. The molecule has 4 heterocycles. The van der Waals surface area contributed by atoms with Crippen LogP contribution in [0.25, 0.3) is 22.2 Å². The van der Waals surface area contributed by atoms with E-state index in [-0.39, 0.29) is 18.6 Å². The van der Waals surface area contributed by atoms with Gasteiger partial charge < -0.3 is 25.2 Å². The first-order valence-corrected chi connectivity index (χ1v) is 12.0. The van der Waals surface area contributed by atoms with Crippen molar-refractivity contribution in [3.8, 4) is 11.1 Å². The van der Waals surface area contributed by atoms with Crippen molar-refractivity contribution < 1.29 is 14.3 Å². The highest BCUT2D eigenvalue weighted by Crippen LogP contribution is 2.39. The Morgan fingerprint density at radius 2 is 2.08 bits per heavy atom. The number of hydrogen-bond acceptors (Lipinski definition) is 6. The monoisotopic (exact) mass is 488 g/mol. The van der Waals surface area contributed by atoms with Crippen molar-refractivity contribution in [3.05, 3.63) is 71.2 Å². The number of aromatic nitrogens is 2. The molecule has 5 rings (SSSR count). The van der Waals surface area contributed by atoms with E-state index in [1.165, 1.54) is 6.07 Å². The Balaban J connectivity index is 1.51. The van der Waals surface area contributed by atoms with Gasteiger partial charge in [0.25, 0.3) is 5.91 Å². The number of benzene rings is 1. The third-order valence-corrected chi connectivity index (χ3v) is 6.95. The van der Waals surface area contributed by atoms with Crippen LogP contribution in [-0.4, -0.2) is 51.4 Å². The number of nitrogens with zero attached hydrogens (tertiary/aromatic N) is 4. The second kappa shape index (κ2) is 9.58. The molecule has 3 N–H and O–H groups in total. The van der Waals surface area contributed by atoms with Gasteiger partial charge in [0, 0.05) is 55.7 Å². The summed E-state index contributed by atoms with van der Waals surface area (Å²) in [5, 5.41) is 16.5. The van der Waals surface area contributed by atoms with Crippen LogP contribution in [0.1, 0.15) is 35.7 Å². The van der Waals surface area contributed by atoms with Gasteiger partial charge in [-0.15, -0.1) is 0 Å². The number of likely N-dealkylation sites (tertiary alicyclic amines) is 1. The zero-order chi connectivity index (χ0) is 25.4. The summed E-state index contributed by atoms with van der Waals surface area (Å²) in [6, 6.07) is 5.02. The van der Waals surface area contributed by atoms with Crippen molar-refractivity contribution >= 4 is 29.3 Å². The minimum absolute atomic E-state index is 0.229. The lowest BCUT2D eigenvalue weighted by molar-refractivity contribution is 0.0963. The summed E-state index contributed by atoms with van der Waals surface area (Å²) in [4.78, 5) is 23.5. The topological polar surface area (TPSA) is 94.8 Å². The van der Waals surface area contributed by atoms with E-state index in [2.05, 4.69) is 32.2 Å². The molecular formula is C27H29FN6O2. The summed E-state index contributed by atoms with van der Waals surface area (Å²) in [5.41, 5.74) is 4.19. The number of carbonyl (C=O) groups excluding carboxylic acids is 1. The molecule has 2 aliphatic heterocycles. The zero-order valence-corrected chi connectivity index (χ0v) is 20.4. The molecule has 36 heavy (non-hydrogen) atoms. The van der Waals surface area contributed by atoms with Gasteiger partial charge in [-0.1, -0.05) is 0 Å². The highest BCUT2D eigenvalue weighted by Gasteiger charge is 2.30. The maximum Gasteiger partial charge on any atom is 0.254 e. The van der Waals surface area contributed by atoms with Crippen LogP contribution in [0.2, 0.25) is 0 Å². The van der Waals surface area contributed by atoms with Crippen molar-refractivity contribution in [3.63, 3.8) is 0 Å². The molecular weight excluding hydrogens is 459 g/mol. The number of pyridine rings is 1. The summed E-state index contributed by atoms with van der Waals surface area (Å²) in [6.07, 6.45) is 8.43. The number of allylic oxidation sites excluding steroid dienone is 3. The van der Waals surface area contributed by atoms with Crippen LogP contribution < -0.4 is 10.6 Å². The number of rotatable bonds is 6. The molecule has 1 saturated heterocycles. The number of amides is 1. The molecule has 3 aromatic rings. The first kappa shape index (κ1) is 23.7. The van der Waals surface area contributed by atoms with Crippen molar-refractivity contribution in [2.45, 2.75) is 32.4 Å². The number of piperidine rings is 1. The average molecular weight is 489 g/mol. The summed E-state index contributed by atoms with van der Waals surface area (Å²) in [6.45, 7) is 7.42. The molecule has 1 fully saturated rings. The fraction of sp³-hybridized carbons (Fsp3) is 0.296. The molecule has 0 aliphatic carbocycles. The van der Waals surface area contributed by atoms with Crippen molar-refractivity contribution in [2.24, 2.45) is 12.0 Å². The molecule has 1 amide bonds. The van der Waals surface area contributed by atoms with E-state index in [4.69, 9.17) is 0 Å². The number of aryl methyl sites for hydroxylation is 1. The lowest BCUT2D eigenvalue weighted by Crippen LogP contribution is -2.34. The maximum absolute atomic E-state index is 15.7. The smallest absolute Gasteiger partial charge is 0.254 e. The fourth-order valence-electron chi connectivity index (χ4n) is 4.96. The highest BCUT2D eigenvalue weighted by molar-refractivity contribution is 6.07. The molecule has 186 valence electrons. The molecule has 2 aliphatic rings. The quantitative estimate of drug-likeness (QED) is 0.361. The third-order valence-electron chi connectivity index (χ3n) is 6.95. The lowest BCUT2D eigenvalue weighted by Gasteiger charge is -2.31.